The van der Waals surface area contributed by atoms with Crippen molar-refractivity contribution < 1.29 is 19.4 Å². The fourth-order valence-corrected chi connectivity index (χ4v) is 3.36. The Morgan fingerprint density at radius 1 is 1.38 bits per heavy atom. The molecule has 3 rings (SSSR count). The normalized spacial score (nSPS) is 20.5. The number of esters is 1. The highest BCUT2D eigenvalue weighted by Gasteiger charge is 2.39. The average molecular weight is 330 g/mol. The van der Waals surface area contributed by atoms with Crippen molar-refractivity contribution in [3.63, 3.8) is 0 Å². The molecule has 6 nitrogen and oxygen atoms in total. The number of aliphatic hydroxyl groups excluding tert-OH is 1. The van der Waals surface area contributed by atoms with Crippen LogP contribution in [0.15, 0.2) is 30.5 Å². The van der Waals surface area contributed by atoms with Crippen LogP contribution < -0.4 is 0 Å². The van der Waals surface area contributed by atoms with Gasteiger partial charge in [-0.1, -0.05) is 18.2 Å². The van der Waals surface area contributed by atoms with Crippen molar-refractivity contribution in [1.29, 1.82) is 0 Å². The van der Waals surface area contributed by atoms with E-state index in [4.69, 9.17) is 4.74 Å². The van der Waals surface area contributed by atoms with Crippen molar-refractivity contribution in [2.75, 3.05) is 13.7 Å². The Kier molecular flexibility index (Phi) is 4.85. The van der Waals surface area contributed by atoms with Crippen molar-refractivity contribution in [3.8, 4) is 0 Å². The number of β-amino-alcohol motifs (C(OH)–C–C–N with tert-alkyl or cyclic N) is 1. The van der Waals surface area contributed by atoms with Gasteiger partial charge in [0, 0.05) is 36.5 Å². The monoisotopic (exact) mass is 330 g/mol. The molecule has 0 saturated carbocycles. The van der Waals surface area contributed by atoms with Crippen LogP contribution >= 0.6 is 0 Å². The number of amides is 1. The maximum absolute atomic E-state index is 12.4. The zero-order valence-corrected chi connectivity index (χ0v) is 13.7. The number of para-hydroxylation sites is 1. The molecule has 1 fully saturated rings. The minimum atomic E-state index is -0.661. The van der Waals surface area contributed by atoms with E-state index in [2.05, 4.69) is 11.1 Å². The minimum Gasteiger partial charge on any atom is -0.467 e. The molecule has 1 amide bonds. The first-order chi connectivity index (χ1) is 11.6. The Bertz CT molecular complexity index is 739. The Morgan fingerprint density at radius 2 is 2.17 bits per heavy atom. The second kappa shape index (κ2) is 7.05. The number of aliphatic hydroxyl groups is 1. The van der Waals surface area contributed by atoms with Crippen LogP contribution in [0.2, 0.25) is 0 Å². The highest BCUT2D eigenvalue weighted by Crippen LogP contribution is 2.22. The molecular weight excluding hydrogens is 308 g/mol. The topological polar surface area (TPSA) is 82.6 Å². The van der Waals surface area contributed by atoms with Gasteiger partial charge >= 0.3 is 5.97 Å². The maximum Gasteiger partial charge on any atom is 0.328 e. The third-order valence-corrected chi connectivity index (χ3v) is 4.58. The smallest absolute Gasteiger partial charge is 0.328 e. The quantitative estimate of drug-likeness (QED) is 0.816. The van der Waals surface area contributed by atoms with E-state index in [0.29, 0.717) is 12.8 Å². The lowest BCUT2D eigenvalue weighted by Gasteiger charge is -2.22. The van der Waals surface area contributed by atoms with Crippen LogP contribution in [0, 0.1) is 0 Å². The number of nitrogens with zero attached hydrogens (tertiary/aromatic N) is 1. The maximum atomic E-state index is 12.4. The van der Waals surface area contributed by atoms with Crippen molar-refractivity contribution in [3.05, 3.63) is 36.0 Å². The number of aryl methyl sites for hydroxylation is 1. The van der Waals surface area contributed by atoms with Gasteiger partial charge in [0.15, 0.2) is 0 Å². The molecule has 0 aliphatic carbocycles. The number of nitrogens with one attached hydrogen (secondary N) is 1. The molecule has 2 N–H and O–H groups in total. The summed E-state index contributed by atoms with van der Waals surface area (Å²) < 4.78 is 4.73. The van der Waals surface area contributed by atoms with Gasteiger partial charge < -0.3 is 19.7 Å². The largest absolute Gasteiger partial charge is 0.467 e. The third kappa shape index (κ3) is 3.28. The number of aromatic amines is 1. The molecule has 2 atom stereocenters. The van der Waals surface area contributed by atoms with Gasteiger partial charge in [-0.25, -0.2) is 4.79 Å². The lowest BCUT2D eigenvalue weighted by Crippen LogP contribution is -2.41. The van der Waals surface area contributed by atoms with Crippen LogP contribution in [0.5, 0.6) is 0 Å². The van der Waals surface area contributed by atoms with Crippen LogP contribution in [0.25, 0.3) is 10.9 Å². The molecule has 1 aromatic heterocycles. The first kappa shape index (κ1) is 16.5. The predicted octanol–water partition coefficient (Wildman–Crippen LogP) is 1.63. The number of hydrogen-bond acceptors (Lipinski definition) is 4. The summed E-state index contributed by atoms with van der Waals surface area (Å²) in [6.45, 7) is 0.200. The number of carbonyl (C=O) groups excluding carboxylic acids is 2. The van der Waals surface area contributed by atoms with Gasteiger partial charge in [-0.05, 0) is 24.5 Å². The molecule has 2 heterocycles. The zero-order valence-electron chi connectivity index (χ0n) is 13.7. The molecule has 1 aliphatic rings. The van der Waals surface area contributed by atoms with E-state index in [1.54, 1.807) is 0 Å². The first-order valence-corrected chi connectivity index (χ1v) is 8.20. The Labute approximate surface area is 140 Å². The lowest BCUT2D eigenvalue weighted by atomic mass is 10.1. The number of benzene rings is 1. The Hall–Kier alpha value is -2.34. The summed E-state index contributed by atoms with van der Waals surface area (Å²) in [5, 5.41) is 10.9. The standard InChI is InChI=1S/C18H22N2O4/c1-24-18(23)16-9-13(21)11-20(16)17(22)8-4-5-12-10-19-15-7-3-2-6-14(12)15/h2-3,6-7,10,13,16,19,21H,4-5,8-9,11H2,1H3/t13-,16?/m1/s1. The number of ether oxygens (including phenoxy) is 1. The van der Waals surface area contributed by atoms with Gasteiger partial charge in [0.05, 0.1) is 13.2 Å². The van der Waals surface area contributed by atoms with E-state index in [1.165, 1.54) is 23.0 Å². The van der Waals surface area contributed by atoms with Gasteiger partial charge in [0.25, 0.3) is 0 Å². The summed E-state index contributed by atoms with van der Waals surface area (Å²) in [6.07, 6.45) is 3.40. The van der Waals surface area contributed by atoms with Gasteiger partial charge in [0.1, 0.15) is 6.04 Å². The number of methoxy groups -OCH3 is 1. The molecule has 128 valence electrons. The second-order valence-electron chi connectivity index (χ2n) is 6.19. The summed E-state index contributed by atoms with van der Waals surface area (Å²) >= 11 is 0. The molecule has 1 unspecified atom stereocenters. The third-order valence-electron chi connectivity index (χ3n) is 4.58. The summed E-state index contributed by atoms with van der Waals surface area (Å²) in [6, 6.07) is 7.41. The number of carbonyl (C=O) groups is 2. The van der Waals surface area contributed by atoms with E-state index in [1.807, 2.05) is 24.4 Å². The van der Waals surface area contributed by atoms with Crippen LogP contribution in [0.3, 0.4) is 0 Å². The molecule has 6 heteroatoms. The fourth-order valence-electron chi connectivity index (χ4n) is 3.36. The molecule has 1 aromatic carbocycles. The van der Waals surface area contributed by atoms with Gasteiger partial charge in [-0.15, -0.1) is 0 Å². The molecular formula is C18H22N2O4. The molecule has 0 bridgehead atoms. The highest BCUT2D eigenvalue weighted by molar-refractivity contribution is 5.85. The predicted molar refractivity (Wildman–Crippen MR) is 89.4 cm³/mol. The summed E-state index contributed by atoms with van der Waals surface area (Å²) in [7, 11) is 1.30. The molecule has 2 aromatic rings. The van der Waals surface area contributed by atoms with E-state index in [9.17, 15) is 14.7 Å². The van der Waals surface area contributed by atoms with Crippen LogP contribution in [0.1, 0.15) is 24.8 Å². The van der Waals surface area contributed by atoms with E-state index in [0.717, 1.165) is 11.9 Å². The van der Waals surface area contributed by atoms with E-state index < -0.39 is 18.1 Å². The minimum absolute atomic E-state index is 0.109. The van der Waals surface area contributed by atoms with Gasteiger partial charge in [-0.3, -0.25) is 4.79 Å². The first-order valence-electron chi connectivity index (χ1n) is 8.20. The lowest BCUT2D eigenvalue weighted by molar-refractivity contribution is -0.151. The SMILES string of the molecule is COC(=O)C1C[C@@H](O)CN1C(=O)CCCc1c[nH]c2ccccc12. The highest BCUT2D eigenvalue weighted by atomic mass is 16.5. The number of likely N-dealkylation sites (tertiary alicyclic amines) is 1. The Balaban J connectivity index is 1.58. The average Bonchev–Trinajstić information content (AvgIpc) is 3.18. The van der Waals surface area contributed by atoms with Crippen LogP contribution in [0.4, 0.5) is 0 Å². The van der Waals surface area contributed by atoms with Gasteiger partial charge in [0.2, 0.25) is 5.91 Å². The zero-order chi connectivity index (χ0) is 17.1. The van der Waals surface area contributed by atoms with Gasteiger partial charge in [-0.2, -0.15) is 0 Å². The molecule has 24 heavy (non-hydrogen) atoms. The number of rotatable bonds is 5. The second-order valence-corrected chi connectivity index (χ2v) is 6.19. The van der Waals surface area contributed by atoms with E-state index >= 15 is 0 Å². The molecule has 0 radical (unpaired) electrons. The summed E-state index contributed by atoms with van der Waals surface area (Å²) in [5.41, 5.74) is 2.27. The Morgan fingerprint density at radius 3 is 2.96 bits per heavy atom. The molecule has 1 aliphatic heterocycles. The van der Waals surface area contributed by atoms with Crippen LogP contribution in [-0.4, -0.2) is 52.7 Å². The molecule has 0 spiro atoms. The summed E-state index contributed by atoms with van der Waals surface area (Å²) in [4.78, 5) is 28.8. The summed E-state index contributed by atoms with van der Waals surface area (Å²) in [5.74, 6) is -0.571. The van der Waals surface area contributed by atoms with Crippen molar-refractivity contribution in [1.82, 2.24) is 9.88 Å². The van der Waals surface area contributed by atoms with E-state index in [-0.39, 0.29) is 18.9 Å². The molecule has 1 saturated heterocycles. The number of H-pyrrole nitrogens is 1. The van der Waals surface area contributed by atoms with Crippen LogP contribution in [-0.2, 0) is 20.7 Å². The number of fused-ring (bicyclic) bond motifs is 1. The van der Waals surface area contributed by atoms with Crippen molar-refractivity contribution in [2.24, 2.45) is 0 Å². The van der Waals surface area contributed by atoms with Crippen molar-refractivity contribution in [2.45, 2.75) is 37.8 Å². The fraction of sp³-hybridized carbons (Fsp3) is 0.444. The number of aromatic nitrogens is 1. The number of hydrogen-bond donors (Lipinski definition) is 2. The van der Waals surface area contributed by atoms with Crippen molar-refractivity contribution >= 4 is 22.8 Å².